The summed E-state index contributed by atoms with van der Waals surface area (Å²) in [4.78, 5) is 38.7. The molecule has 1 aliphatic rings. The molecular weight excluding hydrogens is 515 g/mol. The van der Waals surface area contributed by atoms with E-state index in [-0.39, 0.29) is 17.9 Å². The van der Waals surface area contributed by atoms with Gasteiger partial charge in [0.1, 0.15) is 11.4 Å². The van der Waals surface area contributed by atoms with E-state index < -0.39 is 11.4 Å². The van der Waals surface area contributed by atoms with Gasteiger partial charge in [0.2, 0.25) is 11.9 Å². The van der Waals surface area contributed by atoms with Crippen LogP contribution in [0.5, 0.6) is 0 Å². The van der Waals surface area contributed by atoms with E-state index in [9.17, 15) is 9.18 Å². The summed E-state index contributed by atoms with van der Waals surface area (Å²) < 4.78 is 20.0. The number of nitrogens with one attached hydrogen (secondary N) is 3. The molecule has 0 unspecified atom stereocenters. The second kappa shape index (κ2) is 10.8. The number of hydrogen-bond acceptors (Lipinski definition) is 10. The van der Waals surface area contributed by atoms with Crippen molar-refractivity contribution in [3.8, 4) is 0 Å². The number of benzene rings is 1. The summed E-state index contributed by atoms with van der Waals surface area (Å²) in [7, 11) is 3.83. The van der Waals surface area contributed by atoms with E-state index in [0.717, 1.165) is 34.7 Å². The zero-order valence-corrected chi connectivity index (χ0v) is 23.2. The molecule has 1 fully saturated rings. The molecule has 1 amide bonds. The number of carbonyl (C=O) groups is 1. The van der Waals surface area contributed by atoms with Crippen LogP contribution in [-0.4, -0.2) is 81.8 Å². The van der Waals surface area contributed by atoms with E-state index in [0.29, 0.717) is 31.9 Å². The number of anilines is 6. The summed E-state index contributed by atoms with van der Waals surface area (Å²) in [6.45, 7) is 7.92. The molecule has 4 heterocycles. The fraction of sp³-hybridized carbons (Fsp3) is 0.370. The van der Waals surface area contributed by atoms with Gasteiger partial charge in [-0.05, 0) is 51.1 Å². The highest BCUT2D eigenvalue weighted by Gasteiger charge is 2.26. The number of aromatic nitrogens is 5. The van der Waals surface area contributed by atoms with Crippen LogP contribution in [0.15, 0.2) is 42.7 Å². The SMILES string of the molecule is CN(C)c1nc2ccc(Nc3ncc(F)c(Nc4ccc(N5CCN(C(=O)OC(C)(C)C)CC5)nc4)n3)cc2[nH]1. The second-order valence-corrected chi connectivity index (χ2v) is 10.7. The number of hydrogen-bond donors (Lipinski definition) is 3. The van der Waals surface area contributed by atoms with Crippen LogP contribution in [0.25, 0.3) is 11.0 Å². The van der Waals surface area contributed by atoms with Gasteiger partial charge in [-0.25, -0.2) is 24.1 Å². The van der Waals surface area contributed by atoms with Crippen molar-refractivity contribution >= 4 is 52.0 Å². The zero-order valence-electron chi connectivity index (χ0n) is 23.2. The lowest BCUT2D eigenvalue weighted by atomic mass is 10.2. The Bertz CT molecular complexity index is 1490. The number of piperazine rings is 1. The Morgan fingerprint density at radius 1 is 1.00 bits per heavy atom. The van der Waals surface area contributed by atoms with Gasteiger partial charge in [0.05, 0.1) is 29.1 Å². The number of H-pyrrole nitrogens is 1. The fourth-order valence-electron chi connectivity index (χ4n) is 4.16. The Labute approximate surface area is 231 Å². The number of carbonyl (C=O) groups excluding carboxylic acids is 1. The van der Waals surface area contributed by atoms with Gasteiger partial charge in [-0.2, -0.15) is 4.98 Å². The van der Waals surface area contributed by atoms with Gasteiger partial charge in [0, 0.05) is 46.0 Å². The molecule has 0 atom stereocenters. The molecule has 4 aromatic rings. The fourth-order valence-corrected chi connectivity index (χ4v) is 4.16. The maximum Gasteiger partial charge on any atom is 0.410 e. The molecule has 0 bridgehead atoms. The Kier molecular flexibility index (Phi) is 7.28. The molecular formula is C27H33FN10O2. The van der Waals surface area contributed by atoms with E-state index in [1.807, 2.05) is 70.1 Å². The molecule has 1 saturated heterocycles. The van der Waals surface area contributed by atoms with Crippen LogP contribution in [0.3, 0.4) is 0 Å². The molecule has 0 spiro atoms. The number of halogens is 1. The summed E-state index contributed by atoms with van der Waals surface area (Å²) in [6.07, 6.45) is 2.43. The highest BCUT2D eigenvalue weighted by Crippen LogP contribution is 2.25. The predicted molar refractivity (Wildman–Crippen MR) is 153 cm³/mol. The molecule has 13 heteroatoms. The number of imidazole rings is 1. The Morgan fingerprint density at radius 3 is 2.42 bits per heavy atom. The van der Waals surface area contributed by atoms with E-state index >= 15 is 0 Å². The van der Waals surface area contributed by atoms with Gasteiger partial charge in [0.25, 0.3) is 0 Å². The minimum atomic E-state index is -0.590. The van der Waals surface area contributed by atoms with Crippen LogP contribution >= 0.6 is 0 Å². The van der Waals surface area contributed by atoms with Crippen LogP contribution in [-0.2, 0) is 4.74 Å². The first-order valence-corrected chi connectivity index (χ1v) is 13.0. The first kappa shape index (κ1) is 26.9. The monoisotopic (exact) mass is 548 g/mol. The molecule has 0 saturated carbocycles. The first-order valence-electron chi connectivity index (χ1n) is 13.0. The molecule has 210 valence electrons. The highest BCUT2D eigenvalue weighted by atomic mass is 19.1. The molecule has 5 rings (SSSR count). The number of ether oxygens (including phenoxy) is 1. The highest BCUT2D eigenvalue weighted by molar-refractivity contribution is 5.82. The molecule has 3 N–H and O–H groups in total. The summed E-state index contributed by atoms with van der Waals surface area (Å²) in [5.41, 5.74) is 2.47. The summed E-state index contributed by atoms with van der Waals surface area (Å²) >= 11 is 0. The number of pyridine rings is 1. The maximum absolute atomic E-state index is 14.6. The number of amides is 1. The van der Waals surface area contributed by atoms with Crippen LogP contribution in [0, 0.1) is 5.82 Å². The van der Waals surface area contributed by atoms with Gasteiger partial charge in [-0.1, -0.05) is 0 Å². The molecule has 1 aliphatic heterocycles. The Balaban J connectivity index is 1.21. The third-order valence-electron chi connectivity index (χ3n) is 6.16. The molecule has 12 nitrogen and oxygen atoms in total. The minimum Gasteiger partial charge on any atom is -0.444 e. The number of aromatic amines is 1. The third-order valence-corrected chi connectivity index (χ3v) is 6.16. The molecule has 0 aliphatic carbocycles. The number of nitrogens with zero attached hydrogens (tertiary/aromatic N) is 7. The quantitative estimate of drug-likeness (QED) is 0.317. The normalized spacial score (nSPS) is 13.8. The Morgan fingerprint density at radius 2 is 1.75 bits per heavy atom. The lowest BCUT2D eigenvalue weighted by Crippen LogP contribution is -2.50. The topological polar surface area (TPSA) is 127 Å². The van der Waals surface area contributed by atoms with E-state index in [2.05, 4.69) is 40.5 Å². The standard InChI is InChI=1S/C27H33FN10O2/c1-27(2,3)40-26(39)38-12-10-37(11-13-38)22-9-7-18(15-29-22)31-23-19(28)16-30-24(35-23)32-17-6-8-20-21(14-17)34-25(33-20)36(4)5/h6-9,14-16H,10-13H2,1-5H3,(H,33,34)(H2,30,31,32,35). The van der Waals surface area contributed by atoms with Crippen molar-refractivity contribution in [2.45, 2.75) is 26.4 Å². The van der Waals surface area contributed by atoms with Crippen LogP contribution < -0.4 is 20.4 Å². The molecule has 0 radical (unpaired) electrons. The first-order chi connectivity index (χ1) is 19.0. The van der Waals surface area contributed by atoms with Crippen molar-refractivity contribution in [2.24, 2.45) is 0 Å². The second-order valence-electron chi connectivity index (χ2n) is 10.7. The van der Waals surface area contributed by atoms with Crippen molar-refractivity contribution in [1.82, 2.24) is 29.8 Å². The largest absolute Gasteiger partial charge is 0.444 e. The third kappa shape index (κ3) is 6.30. The molecule has 3 aromatic heterocycles. The van der Waals surface area contributed by atoms with Crippen molar-refractivity contribution in [1.29, 1.82) is 0 Å². The van der Waals surface area contributed by atoms with Gasteiger partial charge >= 0.3 is 6.09 Å². The average molecular weight is 549 g/mol. The van der Waals surface area contributed by atoms with Gasteiger partial charge in [-0.3, -0.25) is 0 Å². The van der Waals surface area contributed by atoms with Crippen molar-refractivity contribution < 1.29 is 13.9 Å². The zero-order chi connectivity index (χ0) is 28.4. The summed E-state index contributed by atoms with van der Waals surface area (Å²) in [5.74, 6) is 1.19. The van der Waals surface area contributed by atoms with Gasteiger partial charge in [-0.15, -0.1) is 0 Å². The summed E-state index contributed by atoms with van der Waals surface area (Å²) in [6, 6.07) is 9.30. The predicted octanol–water partition coefficient (Wildman–Crippen LogP) is 4.50. The number of rotatable bonds is 6. The van der Waals surface area contributed by atoms with Crippen molar-refractivity contribution in [2.75, 3.05) is 60.7 Å². The van der Waals surface area contributed by atoms with Crippen LogP contribution in [0.1, 0.15) is 20.8 Å². The van der Waals surface area contributed by atoms with Gasteiger partial charge in [0.15, 0.2) is 11.6 Å². The number of fused-ring (bicyclic) bond motifs is 1. The minimum absolute atomic E-state index is 0.0236. The lowest BCUT2D eigenvalue weighted by molar-refractivity contribution is 0.0240. The Hall–Kier alpha value is -4.68. The van der Waals surface area contributed by atoms with Crippen molar-refractivity contribution in [3.63, 3.8) is 0 Å². The van der Waals surface area contributed by atoms with Crippen LogP contribution in [0.2, 0.25) is 0 Å². The van der Waals surface area contributed by atoms with E-state index in [4.69, 9.17) is 4.74 Å². The van der Waals surface area contributed by atoms with Gasteiger partial charge < -0.3 is 35.1 Å². The summed E-state index contributed by atoms with van der Waals surface area (Å²) in [5, 5.41) is 6.09. The maximum atomic E-state index is 14.6. The lowest BCUT2D eigenvalue weighted by Gasteiger charge is -2.36. The van der Waals surface area contributed by atoms with Crippen LogP contribution in [0.4, 0.5) is 44.1 Å². The van der Waals surface area contributed by atoms with E-state index in [1.165, 1.54) is 0 Å². The smallest absolute Gasteiger partial charge is 0.410 e. The van der Waals surface area contributed by atoms with E-state index in [1.54, 1.807) is 11.1 Å². The molecule has 1 aromatic carbocycles. The van der Waals surface area contributed by atoms with Crippen molar-refractivity contribution in [3.05, 3.63) is 48.5 Å². The molecule has 40 heavy (non-hydrogen) atoms. The average Bonchev–Trinajstić information content (AvgIpc) is 3.34.